The Bertz CT molecular complexity index is 1250. The molecular formula is C28H30N2O6. The molecule has 0 radical (unpaired) electrons. The minimum atomic E-state index is -0.980. The number of oxazole rings is 1. The summed E-state index contributed by atoms with van der Waals surface area (Å²) in [5, 5.41) is 9.33. The van der Waals surface area contributed by atoms with Gasteiger partial charge in [-0.1, -0.05) is 37.3 Å². The number of para-hydroxylation sites is 2. The number of benzene rings is 3. The number of fused-ring (bicyclic) bond motifs is 1. The summed E-state index contributed by atoms with van der Waals surface area (Å²) in [6, 6.07) is 23.1. The number of nitrogens with zero attached hydrogens (tertiary/aromatic N) is 2. The smallest absolute Gasteiger partial charge is 0.344 e. The maximum atomic E-state index is 11.4. The predicted octanol–water partition coefficient (Wildman–Crippen LogP) is 5.55. The lowest BCUT2D eigenvalue weighted by atomic mass is 10.2. The van der Waals surface area contributed by atoms with Crippen molar-refractivity contribution in [2.24, 2.45) is 0 Å². The first-order valence-electron chi connectivity index (χ1n) is 11.9. The molecule has 8 nitrogen and oxygen atoms in total. The normalized spacial score (nSPS) is 11.7. The van der Waals surface area contributed by atoms with Crippen molar-refractivity contribution in [3.05, 3.63) is 78.4 Å². The molecule has 0 fully saturated rings. The van der Waals surface area contributed by atoms with E-state index in [0.29, 0.717) is 37.9 Å². The minimum Gasteiger partial charge on any atom is -0.497 e. The molecule has 0 aliphatic carbocycles. The molecule has 0 saturated carbocycles. The Balaban J connectivity index is 1.47. The molecule has 36 heavy (non-hydrogen) atoms. The molecule has 1 heterocycles. The van der Waals surface area contributed by atoms with Gasteiger partial charge in [-0.15, -0.1) is 0 Å². The van der Waals surface area contributed by atoms with Gasteiger partial charge in [0.25, 0.3) is 6.01 Å². The van der Waals surface area contributed by atoms with Gasteiger partial charge in [0.15, 0.2) is 11.7 Å². The number of ether oxygens (including phenoxy) is 3. The molecule has 8 heteroatoms. The molecule has 1 atom stereocenters. The van der Waals surface area contributed by atoms with Gasteiger partial charge >= 0.3 is 5.97 Å². The SMILES string of the molecule is CC[C@@H](Oc1cccc(CN(CCCOc2cccc(OC)c2)c2nc3ccccc3o2)c1)C(=O)O. The van der Waals surface area contributed by atoms with Gasteiger partial charge in [0.1, 0.15) is 22.8 Å². The molecule has 3 aromatic carbocycles. The molecular weight excluding hydrogens is 460 g/mol. The second kappa shape index (κ2) is 12.0. The van der Waals surface area contributed by atoms with Crippen LogP contribution in [0.3, 0.4) is 0 Å². The standard InChI is InChI=1S/C28H30N2O6/c1-3-25(27(31)32)35-23-12-6-9-20(17-23)19-30(28-29-24-13-4-5-14-26(24)36-28)15-8-16-34-22-11-7-10-21(18-22)33-2/h4-7,9-14,17-18,25H,3,8,15-16,19H2,1-2H3,(H,31,32)/t25-/m1/s1. The van der Waals surface area contributed by atoms with Crippen molar-refractivity contribution >= 4 is 23.1 Å². The van der Waals surface area contributed by atoms with Gasteiger partial charge in [-0.2, -0.15) is 4.98 Å². The van der Waals surface area contributed by atoms with Crippen LogP contribution in [-0.4, -0.2) is 42.4 Å². The van der Waals surface area contributed by atoms with E-state index in [9.17, 15) is 9.90 Å². The average Bonchev–Trinajstić information content (AvgIpc) is 3.33. The molecule has 1 N–H and O–H groups in total. The van der Waals surface area contributed by atoms with E-state index in [-0.39, 0.29) is 0 Å². The monoisotopic (exact) mass is 490 g/mol. The van der Waals surface area contributed by atoms with Crippen molar-refractivity contribution in [1.29, 1.82) is 0 Å². The topological polar surface area (TPSA) is 94.3 Å². The van der Waals surface area contributed by atoms with Crippen molar-refractivity contribution in [2.75, 3.05) is 25.2 Å². The summed E-state index contributed by atoms with van der Waals surface area (Å²) in [5.74, 6) is 1.03. The number of carboxylic acids is 1. The third-order valence-corrected chi connectivity index (χ3v) is 5.63. The van der Waals surface area contributed by atoms with E-state index in [1.165, 1.54) is 0 Å². The number of hydrogen-bond donors (Lipinski definition) is 1. The summed E-state index contributed by atoms with van der Waals surface area (Å²) in [6.07, 6.45) is 0.215. The van der Waals surface area contributed by atoms with Crippen LogP contribution in [0.25, 0.3) is 11.1 Å². The van der Waals surface area contributed by atoms with E-state index in [1.54, 1.807) is 20.1 Å². The van der Waals surface area contributed by atoms with Crippen LogP contribution in [0.1, 0.15) is 25.3 Å². The van der Waals surface area contributed by atoms with E-state index < -0.39 is 12.1 Å². The number of carbonyl (C=O) groups is 1. The van der Waals surface area contributed by atoms with Crippen molar-refractivity contribution < 1.29 is 28.5 Å². The fraction of sp³-hybridized carbons (Fsp3) is 0.286. The minimum absolute atomic E-state index is 0.377. The van der Waals surface area contributed by atoms with Crippen LogP contribution >= 0.6 is 0 Å². The van der Waals surface area contributed by atoms with Gasteiger partial charge < -0.3 is 28.6 Å². The Kier molecular flexibility index (Phi) is 8.28. The lowest BCUT2D eigenvalue weighted by molar-refractivity contribution is -0.145. The molecule has 4 rings (SSSR count). The van der Waals surface area contributed by atoms with Crippen LogP contribution in [-0.2, 0) is 11.3 Å². The quantitative estimate of drug-likeness (QED) is 0.244. The number of carboxylic acid groups (broad SMARTS) is 1. The molecule has 188 valence electrons. The van der Waals surface area contributed by atoms with Crippen LogP contribution in [0.5, 0.6) is 17.2 Å². The highest BCUT2D eigenvalue weighted by Crippen LogP contribution is 2.25. The Hall–Kier alpha value is -4.20. The van der Waals surface area contributed by atoms with Crippen LogP contribution in [0, 0.1) is 0 Å². The highest BCUT2D eigenvalue weighted by Gasteiger charge is 2.18. The predicted molar refractivity (Wildman–Crippen MR) is 137 cm³/mol. The Morgan fingerprint density at radius 1 is 1.03 bits per heavy atom. The molecule has 0 aliphatic rings. The number of aliphatic carboxylic acids is 1. The molecule has 0 spiro atoms. The van der Waals surface area contributed by atoms with Crippen LogP contribution < -0.4 is 19.1 Å². The zero-order chi connectivity index (χ0) is 25.3. The third-order valence-electron chi connectivity index (χ3n) is 5.63. The second-order valence-electron chi connectivity index (χ2n) is 8.27. The first-order valence-corrected chi connectivity index (χ1v) is 11.9. The lowest BCUT2D eigenvalue weighted by Gasteiger charge is -2.21. The number of aromatic nitrogens is 1. The Labute approximate surface area is 210 Å². The average molecular weight is 491 g/mol. The molecule has 4 aromatic rings. The van der Waals surface area contributed by atoms with Crippen LogP contribution in [0.4, 0.5) is 6.01 Å². The molecule has 0 saturated heterocycles. The van der Waals surface area contributed by atoms with E-state index in [1.807, 2.05) is 71.6 Å². The maximum Gasteiger partial charge on any atom is 0.344 e. The zero-order valence-electron chi connectivity index (χ0n) is 20.4. The molecule has 0 aliphatic heterocycles. The number of hydrogen-bond acceptors (Lipinski definition) is 7. The summed E-state index contributed by atoms with van der Waals surface area (Å²) in [6.45, 7) is 3.43. The van der Waals surface area contributed by atoms with E-state index >= 15 is 0 Å². The van der Waals surface area contributed by atoms with Gasteiger partial charge in [-0.25, -0.2) is 4.79 Å². The van der Waals surface area contributed by atoms with Crippen molar-refractivity contribution in [3.8, 4) is 17.2 Å². The van der Waals surface area contributed by atoms with Gasteiger partial charge in [-0.3, -0.25) is 0 Å². The summed E-state index contributed by atoms with van der Waals surface area (Å²) in [5.41, 5.74) is 2.45. The third kappa shape index (κ3) is 6.47. The van der Waals surface area contributed by atoms with Gasteiger partial charge in [0.2, 0.25) is 0 Å². The number of rotatable bonds is 13. The second-order valence-corrected chi connectivity index (χ2v) is 8.27. The molecule has 0 unspecified atom stereocenters. The van der Waals surface area contributed by atoms with Crippen molar-refractivity contribution in [3.63, 3.8) is 0 Å². The van der Waals surface area contributed by atoms with E-state index in [0.717, 1.165) is 34.6 Å². The lowest BCUT2D eigenvalue weighted by Crippen LogP contribution is -2.27. The fourth-order valence-electron chi connectivity index (χ4n) is 3.78. The van der Waals surface area contributed by atoms with E-state index in [4.69, 9.17) is 18.6 Å². The maximum absolute atomic E-state index is 11.4. The van der Waals surface area contributed by atoms with Gasteiger partial charge in [0, 0.05) is 19.2 Å². The highest BCUT2D eigenvalue weighted by atomic mass is 16.5. The fourth-order valence-corrected chi connectivity index (χ4v) is 3.78. The molecule has 0 bridgehead atoms. The summed E-state index contributed by atoms with van der Waals surface area (Å²) in [4.78, 5) is 18.1. The first-order chi connectivity index (χ1) is 17.6. The summed E-state index contributed by atoms with van der Waals surface area (Å²) >= 11 is 0. The van der Waals surface area contributed by atoms with Crippen molar-refractivity contribution in [2.45, 2.75) is 32.4 Å². The van der Waals surface area contributed by atoms with Crippen LogP contribution in [0.2, 0.25) is 0 Å². The number of anilines is 1. The summed E-state index contributed by atoms with van der Waals surface area (Å²) in [7, 11) is 1.63. The first kappa shape index (κ1) is 24.9. The largest absolute Gasteiger partial charge is 0.497 e. The Morgan fingerprint density at radius 3 is 2.58 bits per heavy atom. The van der Waals surface area contributed by atoms with E-state index in [2.05, 4.69) is 4.98 Å². The molecule has 1 aromatic heterocycles. The Morgan fingerprint density at radius 2 is 1.81 bits per heavy atom. The molecule has 0 amide bonds. The highest BCUT2D eigenvalue weighted by molar-refractivity contribution is 5.74. The van der Waals surface area contributed by atoms with Crippen molar-refractivity contribution in [1.82, 2.24) is 4.98 Å². The van der Waals surface area contributed by atoms with Crippen LogP contribution in [0.15, 0.2) is 77.2 Å². The zero-order valence-corrected chi connectivity index (χ0v) is 20.4. The van der Waals surface area contributed by atoms with Gasteiger partial charge in [-0.05, 0) is 54.8 Å². The number of methoxy groups -OCH3 is 1. The van der Waals surface area contributed by atoms with Gasteiger partial charge in [0.05, 0.1) is 13.7 Å². The summed E-state index contributed by atoms with van der Waals surface area (Å²) < 4.78 is 22.9.